The van der Waals surface area contributed by atoms with E-state index in [-0.39, 0.29) is 30.4 Å². The Labute approximate surface area is 136 Å². The van der Waals surface area contributed by atoms with Crippen LogP contribution >= 0.6 is 0 Å². The zero-order valence-electron chi connectivity index (χ0n) is 13.4. The Kier molecular flexibility index (Phi) is 4.81. The Morgan fingerprint density at radius 1 is 1.21 bits per heavy atom. The maximum absolute atomic E-state index is 12.7. The second-order valence-corrected chi connectivity index (χ2v) is 5.54. The summed E-state index contributed by atoms with van der Waals surface area (Å²) in [6, 6.07) is 3.23. The van der Waals surface area contributed by atoms with Gasteiger partial charge in [-0.15, -0.1) is 0 Å². The molecule has 2 rings (SSSR count). The van der Waals surface area contributed by atoms with Crippen LogP contribution in [-0.2, 0) is 22.3 Å². The molecule has 24 heavy (non-hydrogen) atoms. The number of aromatic amines is 1. The number of hydrogen-bond acceptors (Lipinski definition) is 3. The minimum Gasteiger partial charge on any atom is -0.340 e. The van der Waals surface area contributed by atoms with E-state index in [4.69, 9.17) is 0 Å². The molecule has 0 bridgehead atoms. The molecule has 0 aliphatic rings. The van der Waals surface area contributed by atoms with Crippen LogP contribution in [0.15, 0.2) is 18.2 Å². The lowest BCUT2D eigenvalue weighted by Gasteiger charge is -2.20. The van der Waals surface area contributed by atoms with Gasteiger partial charge in [0.1, 0.15) is 5.82 Å². The largest absolute Gasteiger partial charge is 0.416 e. The van der Waals surface area contributed by atoms with Gasteiger partial charge in [-0.05, 0) is 18.2 Å². The lowest BCUT2D eigenvalue weighted by Crippen LogP contribution is -2.38. The summed E-state index contributed by atoms with van der Waals surface area (Å²) >= 11 is 0. The number of carbonyl (C=O) groups excluding carboxylic acids is 2. The number of fused-ring (bicyclic) bond motifs is 1. The fraction of sp³-hybridized carbons (Fsp3) is 0.400. The van der Waals surface area contributed by atoms with Crippen LogP contribution in [0, 0.1) is 0 Å². The van der Waals surface area contributed by atoms with Crippen molar-refractivity contribution in [1.82, 2.24) is 19.8 Å². The number of halogens is 3. The van der Waals surface area contributed by atoms with Crippen LogP contribution in [0.25, 0.3) is 11.0 Å². The number of rotatable bonds is 4. The third-order valence-corrected chi connectivity index (χ3v) is 3.58. The number of aromatic nitrogens is 2. The summed E-state index contributed by atoms with van der Waals surface area (Å²) in [7, 11) is 3.04. The molecule has 1 aromatic carbocycles. The SMILES string of the molecule is CC(=O)N(C)CC(=O)N(C)Cc1nc2ccc(C(F)(F)F)cc2[nH]1. The second kappa shape index (κ2) is 6.50. The predicted molar refractivity (Wildman–Crippen MR) is 80.9 cm³/mol. The number of benzene rings is 1. The number of likely N-dealkylation sites (N-methyl/N-ethyl adjacent to an activating group) is 2. The summed E-state index contributed by atoms with van der Waals surface area (Å²) in [6.07, 6.45) is -4.43. The van der Waals surface area contributed by atoms with E-state index in [0.29, 0.717) is 11.3 Å². The Morgan fingerprint density at radius 2 is 1.88 bits per heavy atom. The van der Waals surface area contributed by atoms with Crippen molar-refractivity contribution in [3.8, 4) is 0 Å². The summed E-state index contributed by atoms with van der Waals surface area (Å²) in [5, 5.41) is 0. The first kappa shape index (κ1) is 17.8. The van der Waals surface area contributed by atoms with E-state index in [2.05, 4.69) is 9.97 Å². The van der Waals surface area contributed by atoms with Crippen molar-refractivity contribution >= 4 is 22.8 Å². The highest BCUT2D eigenvalue weighted by atomic mass is 19.4. The Balaban J connectivity index is 2.12. The molecule has 0 saturated carbocycles. The van der Waals surface area contributed by atoms with E-state index in [1.807, 2.05) is 0 Å². The standard InChI is InChI=1S/C15H17F3N4O2/c1-9(23)21(2)8-14(24)22(3)7-13-19-11-5-4-10(15(16,17)18)6-12(11)20-13/h4-6H,7-8H2,1-3H3,(H,19,20). The molecule has 0 saturated heterocycles. The Bertz CT molecular complexity index is 770. The molecule has 0 aliphatic carbocycles. The van der Waals surface area contributed by atoms with Crippen LogP contribution in [0.2, 0.25) is 0 Å². The lowest BCUT2D eigenvalue weighted by atomic mass is 10.2. The van der Waals surface area contributed by atoms with Gasteiger partial charge in [0.15, 0.2) is 0 Å². The first-order valence-electron chi connectivity index (χ1n) is 7.09. The molecule has 0 radical (unpaired) electrons. The smallest absolute Gasteiger partial charge is 0.340 e. The number of nitrogens with one attached hydrogen (secondary N) is 1. The highest BCUT2D eigenvalue weighted by Gasteiger charge is 2.30. The van der Waals surface area contributed by atoms with Crippen LogP contribution in [0.5, 0.6) is 0 Å². The number of H-pyrrole nitrogens is 1. The first-order chi connectivity index (χ1) is 11.1. The minimum atomic E-state index is -4.43. The fourth-order valence-corrected chi connectivity index (χ4v) is 2.06. The molecule has 0 fully saturated rings. The third-order valence-electron chi connectivity index (χ3n) is 3.58. The number of alkyl halides is 3. The van der Waals surface area contributed by atoms with Crippen molar-refractivity contribution in [3.63, 3.8) is 0 Å². The van der Waals surface area contributed by atoms with Gasteiger partial charge in [-0.25, -0.2) is 4.98 Å². The molecule has 0 unspecified atom stereocenters. The van der Waals surface area contributed by atoms with Gasteiger partial charge < -0.3 is 14.8 Å². The van der Waals surface area contributed by atoms with E-state index in [1.165, 1.54) is 36.9 Å². The molecular formula is C15H17F3N4O2. The van der Waals surface area contributed by atoms with Gasteiger partial charge in [0, 0.05) is 21.0 Å². The number of imidazole rings is 1. The molecule has 1 heterocycles. The van der Waals surface area contributed by atoms with Crippen LogP contribution in [0.1, 0.15) is 18.3 Å². The fourth-order valence-electron chi connectivity index (χ4n) is 2.06. The third kappa shape index (κ3) is 4.03. The summed E-state index contributed by atoms with van der Waals surface area (Å²) in [5.74, 6) is -0.171. The molecule has 1 aromatic heterocycles. The molecule has 0 aliphatic heterocycles. The molecule has 130 valence electrons. The minimum absolute atomic E-state index is 0.0791. The summed E-state index contributed by atoms with van der Waals surface area (Å²) in [4.78, 5) is 32.7. The van der Waals surface area contributed by atoms with Crippen molar-refractivity contribution in [2.24, 2.45) is 0 Å². The van der Waals surface area contributed by atoms with Crippen LogP contribution in [0.4, 0.5) is 13.2 Å². The van der Waals surface area contributed by atoms with Gasteiger partial charge in [0.05, 0.1) is 29.7 Å². The highest BCUT2D eigenvalue weighted by molar-refractivity contribution is 5.83. The molecule has 1 N–H and O–H groups in total. The molecule has 0 atom stereocenters. The maximum Gasteiger partial charge on any atom is 0.416 e. The summed E-state index contributed by atoms with van der Waals surface area (Å²) in [6.45, 7) is 1.37. The summed E-state index contributed by atoms with van der Waals surface area (Å²) < 4.78 is 38.1. The summed E-state index contributed by atoms with van der Waals surface area (Å²) in [5.41, 5.74) is -0.126. The lowest BCUT2D eigenvalue weighted by molar-refractivity contribution is -0.137. The van der Waals surface area contributed by atoms with E-state index in [1.54, 1.807) is 0 Å². The monoisotopic (exact) mass is 342 g/mol. The van der Waals surface area contributed by atoms with Crippen molar-refractivity contribution in [2.75, 3.05) is 20.6 Å². The Morgan fingerprint density at radius 3 is 2.46 bits per heavy atom. The number of amides is 2. The van der Waals surface area contributed by atoms with E-state index >= 15 is 0 Å². The molecule has 2 aromatic rings. The molecule has 0 spiro atoms. The average molecular weight is 342 g/mol. The first-order valence-corrected chi connectivity index (χ1v) is 7.09. The zero-order chi connectivity index (χ0) is 18.1. The van der Waals surface area contributed by atoms with Crippen LogP contribution < -0.4 is 0 Å². The van der Waals surface area contributed by atoms with Gasteiger partial charge in [0.25, 0.3) is 0 Å². The van der Waals surface area contributed by atoms with Crippen LogP contribution in [-0.4, -0.2) is 52.2 Å². The van der Waals surface area contributed by atoms with Crippen LogP contribution in [0.3, 0.4) is 0 Å². The van der Waals surface area contributed by atoms with Gasteiger partial charge in [-0.2, -0.15) is 13.2 Å². The Hall–Kier alpha value is -2.58. The second-order valence-electron chi connectivity index (χ2n) is 5.54. The molecule has 6 nitrogen and oxygen atoms in total. The highest BCUT2D eigenvalue weighted by Crippen LogP contribution is 2.30. The van der Waals surface area contributed by atoms with E-state index in [9.17, 15) is 22.8 Å². The molecule has 9 heteroatoms. The van der Waals surface area contributed by atoms with Crippen molar-refractivity contribution < 1.29 is 22.8 Å². The van der Waals surface area contributed by atoms with E-state index < -0.39 is 11.7 Å². The van der Waals surface area contributed by atoms with Gasteiger partial charge in [-0.3, -0.25) is 9.59 Å². The van der Waals surface area contributed by atoms with E-state index in [0.717, 1.165) is 12.1 Å². The number of nitrogens with zero attached hydrogens (tertiary/aromatic N) is 3. The molecule has 2 amide bonds. The van der Waals surface area contributed by atoms with Crippen molar-refractivity contribution in [2.45, 2.75) is 19.6 Å². The van der Waals surface area contributed by atoms with Gasteiger partial charge >= 0.3 is 6.18 Å². The number of hydrogen-bond donors (Lipinski definition) is 1. The predicted octanol–water partition coefficient (Wildman–Crippen LogP) is 2.02. The number of carbonyl (C=O) groups is 2. The molecular weight excluding hydrogens is 325 g/mol. The average Bonchev–Trinajstić information content (AvgIpc) is 2.87. The topological polar surface area (TPSA) is 69.3 Å². The maximum atomic E-state index is 12.7. The van der Waals surface area contributed by atoms with Gasteiger partial charge in [0.2, 0.25) is 11.8 Å². The van der Waals surface area contributed by atoms with Crippen molar-refractivity contribution in [3.05, 3.63) is 29.6 Å². The normalized spacial score (nSPS) is 11.6. The van der Waals surface area contributed by atoms with Gasteiger partial charge in [-0.1, -0.05) is 0 Å². The van der Waals surface area contributed by atoms with Crippen molar-refractivity contribution in [1.29, 1.82) is 0 Å². The quantitative estimate of drug-likeness (QED) is 0.924. The zero-order valence-corrected chi connectivity index (χ0v) is 13.4.